The fourth-order valence-electron chi connectivity index (χ4n) is 4.39. The highest BCUT2D eigenvalue weighted by molar-refractivity contribution is 6.46. The minimum atomic E-state index is -0.682. The molecular weight excluding hydrogens is 454 g/mol. The Morgan fingerprint density at radius 2 is 1.78 bits per heavy atom. The van der Waals surface area contributed by atoms with E-state index in [2.05, 4.69) is 11.1 Å². The number of carbonyl (C=O) groups excluding carboxylic acids is 2. The van der Waals surface area contributed by atoms with Crippen LogP contribution in [0.3, 0.4) is 0 Å². The van der Waals surface area contributed by atoms with E-state index >= 15 is 0 Å². The number of pyridine rings is 1. The monoisotopic (exact) mass is 485 g/mol. The average molecular weight is 486 g/mol. The maximum absolute atomic E-state index is 13.1. The van der Waals surface area contributed by atoms with Crippen molar-refractivity contribution < 1.29 is 19.4 Å². The number of ether oxygens (including phenoxy) is 1. The number of amides is 1. The van der Waals surface area contributed by atoms with Crippen molar-refractivity contribution >= 4 is 17.4 Å². The van der Waals surface area contributed by atoms with Gasteiger partial charge in [0.2, 0.25) is 0 Å². The van der Waals surface area contributed by atoms with Gasteiger partial charge in [-0.25, -0.2) is 0 Å². The smallest absolute Gasteiger partial charge is 0.295 e. The first-order valence-electron chi connectivity index (χ1n) is 12.0. The minimum Gasteiger partial charge on any atom is -0.507 e. The van der Waals surface area contributed by atoms with Crippen molar-refractivity contribution in [3.63, 3.8) is 0 Å². The molecule has 1 aliphatic rings. The zero-order valence-electron chi connectivity index (χ0n) is 20.8. The number of carbonyl (C=O) groups is 2. The number of aliphatic hydroxyl groups is 1. The van der Waals surface area contributed by atoms with E-state index in [1.54, 1.807) is 53.7 Å². The lowest BCUT2D eigenvalue weighted by molar-refractivity contribution is -0.139. The van der Waals surface area contributed by atoms with Crippen LogP contribution in [0.15, 0.2) is 78.6 Å². The standard InChI is InChI=1S/C29H31N3O4/c1-20-6-4-7-21(18-20)19-36-24-10-8-23(9-11-24)27(33)25-26(22-12-14-30-15-13-22)32(29(35)28(25)34)17-5-16-31(2)3/h4,6-15,18,26,33H,5,16-17,19H2,1-3H3/b27-25-. The van der Waals surface area contributed by atoms with Gasteiger partial charge < -0.3 is 19.6 Å². The molecule has 0 bridgehead atoms. The number of aliphatic hydroxyl groups excluding tert-OH is 1. The third kappa shape index (κ3) is 5.63. The van der Waals surface area contributed by atoms with E-state index in [0.717, 1.165) is 17.7 Å². The Morgan fingerprint density at radius 3 is 2.44 bits per heavy atom. The zero-order chi connectivity index (χ0) is 25.7. The maximum Gasteiger partial charge on any atom is 0.295 e. The Labute approximate surface area is 211 Å². The Balaban J connectivity index is 1.60. The van der Waals surface area contributed by atoms with Gasteiger partial charge in [0.1, 0.15) is 18.1 Å². The van der Waals surface area contributed by atoms with Crippen LogP contribution < -0.4 is 4.74 Å². The van der Waals surface area contributed by atoms with Gasteiger partial charge >= 0.3 is 0 Å². The van der Waals surface area contributed by atoms with Crippen LogP contribution in [0.1, 0.15) is 34.7 Å². The molecule has 1 amide bonds. The molecule has 0 radical (unpaired) electrons. The van der Waals surface area contributed by atoms with Crippen molar-refractivity contribution in [1.29, 1.82) is 0 Å². The SMILES string of the molecule is Cc1cccc(COc2ccc(/C(O)=C3/C(=O)C(=O)N(CCCN(C)C)C3c3ccncc3)cc2)c1. The van der Waals surface area contributed by atoms with Crippen LogP contribution in [0.4, 0.5) is 0 Å². The normalized spacial score (nSPS) is 17.1. The highest BCUT2D eigenvalue weighted by Gasteiger charge is 2.45. The summed E-state index contributed by atoms with van der Waals surface area (Å²) in [5, 5.41) is 11.2. The minimum absolute atomic E-state index is 0.0875. The number of Topliss-reactive ketones (excluding diaryl/α,β-unsaturated/α-hetero) is 1. The highest BCUT2D eigenvalue weighted by Crippen LogP contribution is 2.39. The van der Waals surface area contributed by atoms with Crippen LogP contribution in [-0.4, -0.2) is 58.8 Å². The van der Waals surface area contributed by atoms with Crippen molar-refractivity contribution in [3.05, 3.63) is 101 Å². The summed E-state index contributed by atoms with van der Waals surface area (Å²) in [6.45, 7) is 3.63. The number of aryl methyl sites for hydroxylation is 1. The Kier molecular flexibility index (Phi) is 7.80. The van der Waals surface area contributed by atoms with Gasteiger partial charge in [-0.2, -0.15) is 0 Å². The van der Waals surface area contributed by atoms with Crippen LogP contribution in [0.5, 0.6) is 5.75 Å². The number of ketones is 1. The van der Waals surface area contributed by atoms with Crippen molar-refractivity contribution in [2.45, 2.75) is 26.0 Å². The molecule has 1 atom stereocenters. The molecule has 2 heterocycles. The summed E-state index contributed by atoms with van der Waals surface area (Å²) in [7, 11) is 3.92. The van der Waals surface area contributed by atoms with E-state index in [9.17, 15) is 14.7 Å². The van der Waals surface area contributed by atoms with Crippen molar-refractivity contribution in [2.75, 3.05) is 27.2 Å². The lowest BCUT2D eigenvalue weighted by Crippen LogP contribution is -2.32. The molecule has 1 unspecified atom stereocenters. The molecule has 1 saturated heterocycles. The molecule has 7 nitrogen and oxygen atoms in total. The third-order valence-electron chi connectivity index (χ3n) is 6.18. The predicted octanol–water partition coefficient (Wildman–Crippen LogP) is 4.34. The molecule has 186 valence electrons. The second kappa shape index (κ2) is 11.2. The van der Waals surface area contributed by atoms with E-state index in [1.165, 1.54) is 5.56 Å². The van der Waals surface area contributed by atoms with Gasteiger partial charge in [-0.3, -0.25) is 14.6 Å². The Bertz CT molecular complexity index is 1250. The lowest BCUT2D eigenvalue weighted by Gasteiger charge is -2.25. The average Bonchev–Trinajstić information content (AvgIpc) is 3.13. The van der Waals surface area contributed by atoms with E-state index in [1.807, 2.05) is 44.1 Å². The first-order valence-corrected chi connectivity index (χ1v) is 12.0. The van der Waals surface area contributed by atoms with Crippen LogP contribution >= 0.6 is 0 Å². The molecule has 4 rings (SSSR count). The first kappa shape index (κ1) is 25.1. The molecule has 1 aliphatic heterocycles. The number of hydrogen-bond acceptors (Lipinski definition) is 6. The topological polar surface area (TPSA) is 83.0 Å². The van der Waals surface area contributed by atoms with Gasteiger partial charge in [0, 0.05) is 24.5 Å². The summed E-state index contributed by atoms with van der Waals surface area (Å²) in [6, 6.07) is 17.9. The molecule has 2 aromatic carbocycles. The Hall–Kier alpha value is -3.97. The van der Waals surface area contributed by atoms with Crippen LogP contribution in [0.25, 0.3) is 5.76 Å². The first-order chi connectivity index (χ1) is 17.3. The molecule has 0 aliphatic carbocycles. The molecule has 0 spiro atoms. The second-order valence-corrected chi connectivity index (χ2v) is 9.23. The zero-order valence-corrected chi connectivity index (χ0v) is 20.8. The third-order valence-corrected chi connectivity index (χ3v) is 6.18. The van der Waals surface area contributed by atoms with E-state index in [4.69, 9.17) is 4.74 Å². The molecule has 0 saturated carbocycles. The summed E-state index contributed by atoms with van der Waals surface area (Å²) in [5.74, 6) is -0.840. The largest absolute Gasteiger partial charge is 0.507 e. The second-order valence-electron chi connectivity index (χ2n) is 9.23. The van der Waals surface area contributed by atoms with E-state index in [-0.39, 0.29) is 11.3 Å². The number of nitrogens with zero attached hydrogens (tertiary/aromatic N) is 3. The van der Waals surface area contributed by atoms with Crippen LogP contribution in [-0.2, 0) is 16.2 Å². The molecular formula is C29H31N3O4. The van der Waals surface area contributed by atoms with E-state index in [0.29, 0.717) is 30.9 Å². The highest BCUT2D eigenvalue weighted by atomic mass is 16.5. The van der Waals surface area contributed by atoms with E-state index < -0.39 is 17.7 Å². The quantitative estimate of drug-likeness (QED) is 0.276. The summed E-state index contributed by atoms with van der Waals surface area (Å²) in [6.07, 6.45) is 3.94. The molecule has 7 heteroatoms. The summed E-state index contributed by atoms with van der Waals surface area (Å²) in [5.41, 5.74) is 3.49. The number of hydrogen-bond donors (Lipinski definition) is 1. The van der Waals surface area contributed by atoms with Gasteiger partial charge in [0.25, 0.3) is 11.7 Å². The van der Waals surface area contributed by atoms with Crippen LogP contribution in [0.2, 0.25) is 0 Å². The van der Waals surface area contributed by atoms with Crippen molar-refractivity contribution in [1.82, 2.24) is 14.8 Å². The fraction of sp³-hybridized carbons (Fsp3) is 0.276. The van der Waals surface area contributed by atoms with Crippen LogP contribution in [0, 0.1) is 6.92 Å². The van der Waals surface area contributed by atoms with Gasteiger partial charge in [-0.1, -0.05) is 29.8 Å². The predicted molar refractivity (Wildman–Crippen MR) is 138 cm³/mol. The molecule has 1 aromatic heterocycles. The molecule has 1 N–H and O–H groups in total. The number of aromatic nitrogens is 1. The number of rotatable bonds is 9. The van der Waals surface area contributed by atoms with Gasteiger partial charge in [0.05, 0.1) is 11.6 Å². The summed E-state index contributed by atoms with van der Waals surface area (Å²) in [4.78, 5) is 33.7. The Morgan fingerprint density at radius 1 is 1.06 bits per heavy atom. The maximum atomic E-state index is 13.1. The van der Waals surface area contributed by atoms with Gasteiger partial charge in [-0.05, 0) is 81.5 Å². The lowest BCUT2D eigenvalue weighted by atomic mass is 9.96. The molecule has 1 fully saturated rings. The summed E-state index contributed by atoms with van der Waals surface area (Å²) < 4.78 is 5.88. The van der Waals surface area contributed by atoms with Gasteiger partial charge in [-0.15, -0.1) is 0 Å². The van der Waals surface area contributed by atoms with Gasteiger partial charge in [0.15, 0.2) is 0 Å². The fourth-order valence-corrected chi connectivity index (χ4v) is 4.39. The molecule has 36 heavy (non-hydrogen) atoms. The van der Waals surface area contributed by atoms with Crippen molar-refractivity contribution in [2.24, 2.45) is 0 Å². The number of benzene rings is 2. The number of likely N-dealkylation sites (tertiary alicyclic amines) is 1. The molecule has 3 aromatic rings. The van der Waals surface area contributed by atoms with Crippen molar-refractivity contribution in [3.8, 4) is 5.75 Å². The summed E-state index contributed by atoms with van der Waals surface area (Å²) >= 11 is 0.